The van der Waals surface area contributed by atoms with Gasteiger partial charge in [0.05, 0.1) is 24.1 Å². The van der Waals surface area contributed by atoms with Gasteiger partial charge in [0.15, 0.2) is 0 Å². The molecule has 1 rings (SSSR count). The first-order chi connectivity index (χ1) is 6.65. The Morgan fingerprint density at radius 2 is 2.14 bits per heavy atom. The number of allylic oxidation sites excluding steroid dienone is 2. The fourth-order valence-corrected chi connectivity index (χ4v) is 1.01. The van der Waals surface area contributed by atoms with Crippen molar-refractivity contribution in [1.82, 2.24) is 15.0 Å². The van der Waals surface area contributed by atoms with Crippen LogP contribution >= 0.6 is 0 Å². The van der Waals surface area contributed by atoms with Crippen LogP contribution in [0.25, 0.3) is 0 Å². The maximum Gasteiger partial charge on any atom is 0.0936 e. The predicted molar refractivity (Wildman–Crippen MR) is 53.9 cm³/mol. The van der Waals surface area contributed by atoms with Gasteiger partial charge >= 0.3 is 0 Å². The van der Waals surface area contributed by atoms with E-state index in [-0.39, 0.29) is 6.04 Å². The summed E-state index contributed by atoms with van der Waals surface area (Å²) < 4.78 is 0. The molecule has 0 fully saturated rings. The Hall–Kier alpha value is -1.87. The Bertz CT molecular complexity index is 370. The van der Waals surface area contributed by atoms with Crippen molar-refractivity contribution >= 4 is 5.87 Å². The molecule has 0 spiro atoms. The lowest BCUT2D eigenvalue weighted by Gasteiger charge is -2.10. The van der Waals surface area contributed by atoms with Gasteiger partial charge in [-0.25, -0.2) is 0 Å². The summed E-state index contributed by atoms with van der Waals surface area (Å²) in [6, 6.07) is 0.0388. The highest BCUT2D eigenvalue weighted by Crippen LogP contribution is 2.13. The molecule has 0 aromatic carbocycles. The smallest absolute Gasteiger partial charge is 0.0936 e. The minimum absolute atomic E-state index is 0.0388. The van der Waals surface area contributed by atoms with Gasteiger partial charge in [-0.3, -0.25) is 5.41 Å². The molecule has 14 heavy (non-hydrogen) atoms. The summed E-state index contributed by atoms with van der Waals surface area (Å²) in [6.07, 6.45) is 4.94. The number of nitrogens with two attached hydrogens (primary N) is 1. The van der Waals surface area contributed by atoms with E-state index in [1.54, 1.807) is 23.3 Å². The molecule has 5 heteroatoms. The Morgan fingerprint density at radius 3 is 2.64 bits per heavy atom. The first-order valence-electron chi connectivity index (χ1n) is 4.24. The zero-order valence-corrected chi connectivity index (χ0v) is 8.23. The Morgan fingerprint density at radius 1 is 1.57 bits per heavy atom. The maximum atomic E-state index is 6.82. The van der Waals surface area contributed by atoms with Crippen LogP contribution in [-0.2, 0) is 0 Å². The molecule has 0 aliphatic rings. The highest BCUT2D eigenvalue weighted by atomic mass is 15.5. The predicted octanol–water partition coefficient (Wildman–Crippen LogP) is 0.876. The number of hydrogen-bond donors (Lipinski definition) is 2. The molecule has 0 bridgehead atoms. The third kappa shape index (κ3) is 2.31. The minimum Gasteiger partial charge on any atom is -0.391 e. The van der Waals surface area contributed by atoms with E-state index < -0.39 is 0 Å². The summed E-state index contributed by atoms with van der Waals surface area (Å²) in [4.78, 5) is 1.59. The summed E-state index contributed by atoms with van der Waals surface area (Å²) in [5, 5.41) is 14.9. The van der Waals surface area contributed by atoms with Crippen molar-refractivity contribution in [3.63, 3.8) is 0 Å². The molecule has 1 unspecified atom stereocenters. The highest BCUT2D eigenvalue weighted by Gasteiger charge is 2.07. The van der Waals surface area contributed by atoms with Crippen LogP contribution in [0, 0.1) is 5.41 Å². The van der Waals surface area contributed by atoms with Crippen LogP contribution in [0.2, 0.25) is 0 Å². The highest BCUT2D eigenvalue weighted by molar-refractivity contribution is 5.57. The average molecular weight is 191 g/mol. The van der Waals surface area contributed by atoms with Crippen molar-refractivity contribution in [2.75, 3.05) is 0 Å². The van der Waals surface area contributed by atoms with Gasteiger partial charge in [0, 0.05) is 5.87 Å². The van der Waals surface area contributed by atoms with Crippen molar-refractivity contribution in [2.24, 2.45) is 5.73 Å². The number of nitrogens with zero attached hydrogens (tertiary/aromatic N) is 3. The van der Waals surface area contributed by atoms with Crippen molar-refractivity contribution in [2.45, 2.75) is 19.9 Å². The van der Waals surface area contributed by atoms with E-state index in [0.717, 1.165) is 5.57 Å². The molecule has 0 radical (unpaired) electrons. The Kier molecular flexibility index (Phi) is 3.20. The van der Waals surface area contributed by atoms with Crippen LogP contribution in [0.5, 0.6) is 0 Å². The van der Waals surface area contributed by atoms with Gasteiger partial charge < -0.3 is 5.73 Å². The van der Waals surface area contributed by atoms with E-state index in [1.807, 2.05) is 13.8 Å². The summed E-state index contributed by atoms with van der Waals surface area (Å²) in [6.45, 7) is 3.88. The SMILES string of the molecule is C/C(=C/C(N)=C=N)C(C)n1nccn1. The van der Waals surface area contributed by atoms with Gasteiger partial charge in [0.25, 0.3) is 0 Å². The molecule has 0 saturated carbocycles. The second kappa shape index (κ2) is 4.39. The molecule has 0 amide bonds. The van der Waals surface area contributed by atoms with Gasteiger partial charge in [-0.15, -0.1) is 0 Å². The Balaban J connectivity index is 2.85. The number of rotatable bonds is 3. The van der Waals surface area contributed by atoms with Crippen LogP contribution < -0.4 is 5.73 Å². The molecule has 74 valence electrons. The minimum atomic E-state index is 0.0388. The molecule has 1 aromatic rings. The first-order valence-corrected chi connectivity index (χ1v) is 4.24. The number of hydrogen-bond acceptors (Lipinski definition) is 4. The fourth-order valence-electron chi connectivity index (χ4n) is 1.01. The van der Waals surface area contributed by atoms with Gasteiger partial charge in [0.2, 0.25) is 0 Å². The van der Waals surface area contributed by atoms with Gasteiger partial charge in [-0.05, 0) is 25.5 Å². The van der Waals surface area contributed by atoms with Crippen LogP contribution in [0.3, 0.4) is 0 Å². The molecule has 5 nitrogen and oxygen atoms in total. The van der Waals surface area contributed by atoms with Crippen molar-refractivity contribution in [1.29, 1.82) is 5.41 Å². The van der Waals surface area contributed by atoms with Crippen LogP contribution in [0.1, 0.15) is 19.9 Å². The van der Waals surface area contributed by atoms with Crippen molar-refractivity contribution in [3.05, 3.63) is 29.7 Å². The second-order valence-corrected chi connectivity index (χ2v) is 2.99. The van der Waals surface area contributed by atoms with Crippen LogP contribution in [0.4, 0.5) is 0 Å². The molecule has 0 saturated heterocycles. The molecule has 1 heterocycles. The third-order valence-electron chi connectivity index (χ3n) is 1.97. The van der Waals surface area contributed by atoms with E-state index in [2.05, 4.69) is 16.1 Å². The van der Waals surface area contributed by atoms with Crippen molar-refractivity contribution in [3.8, 4) is 0 Å². The lowest BCUT2D eigenvalue weighted by molar-refractivity contribution is 0.485. The largest absolute Gasteiger partial charge is 0.391 e. The van der Waals surface area contributed by atoms with E-state index in [1.165, 1.54) is 0 Å². The first kappa shape index (κ1) is 10.2. The maximum absolute atomic E-state index is 6.82. The summed E-state index contributed by atoms with van der Waals surface area (Å²) in [5.41, 5.74) is 6.75. The number of aromatic nitrogens is 3. The van der Waals surface area contributed by atoms with Crippen molar-refractivity contribution < 1.29 is 0 Å². The van der Waals surface area contributed by atoms with Crippen LogP contribution in [0.15, 0.2) is 29.7 Å². The summed E-state index contributed by atoms with van der Waals surface area (Å²) in [7, 11) is 0. The zero-order valence-electron chi connectivity index (χ0n) is 8.23. The standard InChI is InChI=1S/C9H13N5/c1-7(5-9(11)6-10)8(2)14-12-3-4-13-14/h3-5,8,10H,11H2,1-2H3/b7-5-. The molecule has 1 aromatic heterocycles. The lowest BCUT2D eigenvalue weighted by Crippen LogP contribution is -2.10. The third-order valence-corrected chi connectivity index (χ3v) is 1.97. The summed E-state index contributed by atoms with van der Waals surface area (Å²) in [5.74, 6) is 2.11. The number of nitrogens with one attached hydrogen (secondary N) is 1. The van der Waals surface area contributed by atoms with E-state index in [9.17, 15) is 0 Å². The molecule has 0 aliphatic heterocycles. The average Bonchev–Trinajstić information content (AvgIpc) is 2.69. The van der Waals surface area contributed by atoms with E-state index in [4.69, 9.17) is 11.1 Å². The normalized spacial score (nSPS) is 13.4. The Labute approximate surface area is 82.4 Å². The topological polar surface area (TPSA) is 80.6 Å². The van der Waals surface area contributed by atoms with Gasteiger partial charge in [0.1, 0.15) is 0 Å². The molecule has 3 N–H and O–H groups in total. The molecule has 0 aliphatic carbocycles. The van der Waals surface area contributed by atoms with Gasteiger partial charge in [-0.2, -0.15) is 15.0 Å². The zero-order chi connectivity index (χ0) is 10.6. The molecular formula is C9H13N5. The van der Waals surface area contributed by atoms with E-state index in [0.29, 0.717) is 5.70 Å². The fraction of sp³-hybridized carbons (Fsp3) is 0.333. The monoisotopic (exact) mass is 191 g/mol. The van der Waals surface area contributed by atoms with Crippen LogP contribution in [-0.4, -0.2) is 20.9 Å². The molecular weight excluding hydrogens is 178 g/mol. The molecule has 1 atom stereocenters. The lowest BCUT2D eigenvalue weighted by atomic mass is 10.1. The second-order valence-electron chi connectivity index (χ2n) is 2.99. The summed E-state index contributed by atoms with van der Waals surface area (Å²) >= 11 is 0. The van der Waals surface area contributed by atoms with Gasteiger partial charge in [-0.1, -0.05) is 0 Å². The van der Waals surface area contributed by atoms with E-state index >= 15 is 0 Å². The quantitative estimate of drug-likeness (QED) is 0.549.